The Kier molecular flexibility index (Phi) is 7.13. The third kappa shape index (κ3) is 6.08. The largest absolute Gasteiger partial charge is 0.485 e. The number of carbonyl (C=O) groups is 2. The molecule has 0 saturated heterocycles. The summed E-state index contributed by atoms with van der Waals surface area (Å²) in [4.78, 5) is 24.9. The lowest BCUT2D eigenvalue weighted by Gasteiger charge is -2.14. The fourth-order valence-electron chi connectivity index (χ4n) is 3.11. The van der Waals surface area contributed by atoms with E-state index < -0.39 is 11.9 Å². The lowest BCUT2D eigenvalue weighted by atomic mass is 10.2. The van der Waals surface area contributed by atoms with Crippen LogP contribution in [-0.4, -0.2) is 11.9 Å². The zero-order chi connectivity index (χ0) is 22.9. The molecule has 0 spiro atoms. The van der Waals surface area contributed by atoms with Gasteiger partial charge in [-0.2, -0.15) is 0 Å². The lowest BCUT2D eigenvalue weighted by Crippen LogP contribution is -2.13. The summed E-state index contributed by atoms with van der Waals surface area (Å²) in [5, 5.41) is 0. The molecule has 4 aromatic rings. The van der Waals surface area contributed by atoms with Gasteiger partial charge in [-0.15, -0.1) is 0 Å². The molecule has 0 atom stereocenters. The molecule has 0 aliphatic heterocycles. The van der Waals surface area contributed by atoms with Gasteiger partial charge in [0.2, 0.25) is 0 Å². The van der Waals surface area contributed by atoms with E-state index in [1.165, 1.54) is 6.07 Å². The monoisotopic (exact) mass is 438 g/mol. The first kappa shape index (κ1) is 21.8. The number of benzene rings is 4. The average Bonchev–Trinajstić information content (AvgIpc) is 2.88. The Morgan fingerprint density at radius 1 is 0.515 bits per heavy atom. The minimum atomic E-state index is -0.761. The van der Waals surface area contributed by atoms with Crippen molar-refractivity contribution in [3.05, 3.63) is 131 Å². The number of esters is 2. The zero-order valence-corrected chi connectivity index (χ0v) is 17.8. The first-order valence-electron chi connectivity index (χ1n) is 10.5. The first-order valence-corrected chi connectivity index (χ1v) is 10.5. The van der Waals surface area contributed by atoms with Crippen molar-refractivity contribution in [2.45, 2.75) is 13.2 Å². The van der Waals surface area contributed by atoms with Gasteiger partial charge in [-0.1, -0.05) is 78.9 Å². The van der Waals surface area contributed by atoms with Crippen LogP contribution in [0.1, 0.15) is 31.8 Å². The smallest absolute Gasteiger partial charge is 0.346 e. The molecular formula is C28H22O5. The van der Waals surface area contributed by atoms with Gasteiger partial charge in [0.25, 0.3) is 0 Å². The summed E-state index contributed by atoms with van der Waals surface area (Å²) in [6.45, 7) is 0.642. The summed E-state index contributed by atoms with van der Waals surface area (Å²) in [6.07, 6.45) is 0. The van der Waals surface area contributed by atoms with Gasteiger partial charge >= 0.3 is 11.9 Å². The summed E-state index contributed by atoms with van der Waals surface area (Å²) in [5.41, 5.74) is 2.46. The predicted octanol–water partition coefficient (Wildman–Crippen LogP) is 5.84. The van der Waals surface area contributed by atoms with Gasteiger partial charge < -0.3 is 14.2 Å². The van der Waals surface area contributed by atoms with Crippen molar-refractivity contribution < 1.29 is 23.8 Å². The standard InChI is InChI=1S/C28H22O5/c29-27(23-14-8-3-9-15-23)33-28(30)24-16-17-25(31-19-21-10-4-1-5-11-21)26(18-24)32-20-22-12-6-2-7-13-22/h1-18H,19-20H2. The van der Waals surface area contributed by atoms with Crippen molar-refractivity contribution in [3.63, 3.8) is 0 Å². The van der Waals surface area contributed by atoms with Crippen molar-refractivity contribution in [1.82, 2.24) is 0 Å². The molecular weight excluding hydrogens is 416 g/mol. The third-order valence-corrected chi connectivity index (χ3v) is 4.85. The van der Waals surface area contributed by atoms with Gasteiger partial charge in [-0.25, -0.2) is 9.59 Å². The minimum Gasteiger partial charge on any atom is -0.485 e. The molecule has 5 heteroatoms. The van der Waals surface area contributed by atoms with E-state index in [-0.39, 0.29) is 5.56 Å². The van der Waals surface area contributed by atoms with Gasteiger partial charge in [0.15, 0.2) is 11.5 Å². The highest BCUT2D eigenvalue weighted by atomic mass is 16.6. The molecule has 4 rings (SSSR count). The molecule has 0 bridgehead atoms. The van der Waals surface area contributed by atoms with E-state index in [9.17, 15) is 9.59 Å². The van der Waals surface area contributed by atoms with Gasteiger partial charge in [0.1, 0.15) is 13.2 Å². The van der Waals surface area contributed by atoms with E-state index in [0.29, 0.717) is 30.3 Å². The van der Waals surface area contributed by atoms with E-state index in [4.69, 9.17) is 14.2 Å². The van der Waals surface area contributed by atoms with Crippen LogP contribution >= 0.6 is 0 Å². The minimum absolute atomic E-state index is 0.189. The second-order valence-corrected chi connectivity index (χ2v) is 7.25. The van der Waals surface area contributed by atoms with Crippen LogP contribution in [-0.2, 0) is 18.0 Å². The Morgan fingerprint density at radius 3 is 1.58 bits per heavy atom. The molecule has 0 aliphatic rings. The van der Waals surface area contributed by atoms with Crippen LogP contribution in [0, 0.1) is 0 Å². The van der Waals surface area contributed by atoms with Gasteiger partial charge in [0.05, 0.1) is 11.1 Å². The van der Waals surface area contributed by atoms with E-state index >= 15 is 0 Å². The SMILES string of the molecule is O=C(OC(=O)c1ccc(OCc2ccccc2)c(OCc2ccccc2)c1)c1ccccc1. The molecule has 0 heterocycles. The molecule has 0 saturated carbocycles. The van der Waals surface area contributed by atoms with Crippen LogP contribution < -0.4 is 9.47 Å². The molecule has 0 radical (unpaired) electrons. The van der Waals surface area contributed by atoms with Crippen molar-refractivity contribution >= 4 is 11.9 Å². The molecule has 5 nitrogen and oxygen atoms in total. The summed E-state index contributed by atoms with van der Waals surface area (Å²) in [7, 11) is 0. The number of carbonyl (C=O) groups excluding carboxylic acids is 2. The first-order chi connectivity index (χ1) is 16.2. The number of hydrogen-bond donors (Lipinski definition) is 0. The summed E-state index contributed by atoms with van der Waals surface area (Å²) >= 11 is 0. The maximum absolute atomic E-state index is 12.6. The van der Waals surface area contributed by atoms with Crippen LogP contribution in [0.15, 0.2) is 109 Å². The maximum Gasteiger partial charge on any atom is 0.346 e. The number of rotatable bonds is 8. The zero-order valence-electron chi connectivity index (χ0n) is 17.8. The Hall–Kier alpha value is -4.38. The van der Waals surface area contributed by atoms with Crippen molar-refractivity contribution in [1.29, 1.82) is 0 Å². The van der Waals surface area contributed by atoms with Crippen LogP contribution in [0.2, 0.25) is 0 Å². The number of hydrogen-bond acceptors (Lipinski definition) is 5. The molecule has 0 amide bonds. The molecule has 0 N–H and O–H groups in total. The Labute approximate surface area is 192 Å². The second kappa shape index (κ2) is 10.8. The quantitative estimate of drug-likeness (QED) is 0.255. The third-order valence-electron chi connectivity index (χ3n) is 4.85. The van der Waals surface area contributed by atoms with Gasteiger partial charge in [-0.05, 0) is 41.5 Å². The van der Waals surface area contributed by atoms with Gasteiger partial charge in [0, 0.05) is 0 Å². The summed E-state index contributed by atoms with van der Waals surface area (Å²) in [5.74, 6) is -0.600. The topological polar surface area (TPSA) is 61.8 Å². The Balaban J connectivity index is 1.52. The molecule has 164 valence electrons. The molecule has 33 heavy (non-hydrogen) atoms. The van der Waals surface area contributed by atoms with Crippen molar-refractivity contribution in [3.8, 4) is 11.5 Å². The van der Waals surface area contributed by atoms with Crippen LogP contribution in [0.25, 0.3) is 0 Å². The maximum atomic E-state index is 12.6. The second-order valence-electron chi connectivity index (χ2n) is 7.25. The van der Waals surface area contributed by atoms with Crippen LogP contribution in [0.4, 0.5) is 0 Å². The molecule has 4 aromatic carbocycles. The van der Waals surface area contributed by atoms with E-state index in [1.807, 2.05) is 60.7 Å². The highest BCUT2D eigenvalue weighted by Crippen LogP contribution is 2.30. The summed E-state index contributed by atoms with van der Waals surface area (Å²) in [6, 6.07) is 32.5. The summed E-state index contributed by atoms with van der Waals surface area (Å²) < 4.78 is 17.0. The molecule has 0 fully saturated rings. The Morgan fingerprint density at radius 2 is 1.00 bits per heavy atom. The van der Waals surface area contributed by atoms with Gasteiger partial charge in [-0.3, -0.25) is 0 Å². The highest BCUT2D eigenvalue weighted by molar-refractivity contribution is 6.02. The fourth-order valence-corrected chi connectivity index (χ4v) is 3.11. The van der Waals surface area contributed by atoms with E-state index in [0.717, 1.165) is 11.1 Å². The average molecular weight is 438 g/mol. The fraction of sp³-hybridized carbons (Fsp3) is 0.0714. The Bertz CT molecular complexity index is 1210. The molecule has 0 unspecified atom stereocenters. The normalized spacial score (nSPS) is 10.3. The molecule has 0 aliphatic carbocycles. The van der Waals surface area contributed by atoms with Crippen molar-refractivity contribution in [2.75, 3.05) is 0 Å². The van der Waals surface area contributed by atoms with E-state index in [2.05, 4.69) is 0 Å². The van der Waals surface area contributed by atoms with E-state index in [1.54, 1.807) is 42.5 Å². The molecule has 0 aromatic heterocycles. The van der Waals surface area contributed by atoms with Crippen LogP contribution in [0.5, 0.6) is 11.5 Å². The van der Waals surface area contributed by atoms with Crippen molar-refractivity contribution in [2.24, 2.45) is 0 Å². The number of ether oxygens (including phenoxy) is 3. The highest BCUT2D eigenvalue weighted by Gasteiger charge is 2.17. The van der Waals surface area contributed by atoms with Crippen LogP contribution in [0.3, 0.4) is 0 Å². The predicted molar refractivity (Wildman–Crippen MR) is 124 cm³/mol. The lowest BCUT2D eigenvalue weighted by molar-refractivity contribution is 0.0397.